The Morgan fingerprint density at radius 1 is 1.14 bits per heavy atom. The Balaban J connectivity index is 2.16. The zero-order chi connectivity index (χ0) is 15.3. The highest BCUT2D eigenvalue weighted by Gasteiger charge is 2.31. The third-order valence-electron chi connectivity index (χ3n) is 3.00. The maximum absolute atomic E-state index is 12.0. The molecule has 0 radical (unpaired) electrons. The lowest BCUT2D eigenvalue weighted by Gasteiger charge is -2.28. The molecule has 2 rings (SSSR count). The second-order valence-corrected chi connectivity index (χ2v) is 4.56. The quantitative estimate of drug-likeness (QED) is 0.526. The van der Waals surface area contributed by atoms with Gasteiger partial charge in [-0.25, -0.2) is 0 Å². The smallest absolute Gasteiger partial charge is 0.274 e. The summed E-state index contributed by atoms with van der Waals surface area (Å²) in [5.74, 6) is -0.644. The van der Waals surface area contributed by atoms with Crippen LogP contribution in [0.4, 0.5) is 0 Å². The molecular weight excluding hydrogens is 276 g/mol. The maximum Gasteiger partial charge on any atom is 0.274 e. The molecule has 8 heteroatoms. The van der Waals surface area contributed by atoms with E-state index in [1.54, 1.807) is 12.1 Å². The van der Waals surface area contributed by atoms with Gasteiger partial charge in [0.1, 0.15) is 5.54 Å². The van der Waals surface area contributed by atoms with Crippen LogP contribution in [0, 0.1) is 0 Å². The highest BCUT2D eigenvalue weighted by Crippen LogP contribution is 2.07. The summed E-state index contributed by atoms with van der Waals surface area (Å²) in [5.41, 5.74) is -0.791. The first-order valence-electron chi connectivity index (χ1n) is 6.27. The predicted octanol–water partition coefficient (Wildman–Crippen LogP) is -1.29. The van der Waals surface area contributed by atoms with Crippen LogP contribution in [0.3, 0.4) is 0 Å². The van der Waals surface area contributed by atoms with E-state index in [2.05, 4.69) is 15.5 Å². The van der Waals surface area contributed by atoms with Gasteiger partial charge in [0, 0.05) is 0 Å². The predicted molar refractivity (Wildman–Crippen MR) is 72.8 cm³/mol. The van der Waals surface area contributed by atoms with Gasteiger partial charge in [-0.3, -0.25) is 4.79 Å². The van der Waals surface area contributed by atoms with E-state index in [9.17, 15) is 20.1 Å². The van der Waals surface area contributed by atoms with Crippen LogP contribution in [0.15, 0.2) is 36.5 Å². The number of hydrogen-bond acceptors (Lipinski definition) is 6. The van der Waals surface area contributed by atoms with Gasteiger partial charge in [0.2, 0.25) is 0 Å². The van der Waals surface area contributed by atoms with Gasteiger partial charge >= 0.3 is 0 Å². The molecule has 2 aromatic rings. The van der Waals surface area contributed by atoms with Gasteiger partial charge < -0.3 is 20.6 Å². The minimum absolute atomic E-state index is 0.0126. The van der Waals surface area contributed by atoms with E-state index in [0.29, 0.717) is 5.69 Å². The molecule has 0 aliphatic carbocycles. The van der Waals surface area contributed by atoms with Crippen LogP contribution in [0.2, 0.25) is 0 Å². The molecule has 0 atom stereocenters. The fourth-order valence-corrected chi connectivity index (χ4v) is 1.63. The van der Waals surface area contributed by atoms with Crippen LogP contribution in [0.1, 0.15) is 10.5 Å². The summed E-state index contributed by atoms with van der Waals surface area (Å²) in [6, 6.07) is 9.03. The van der Waals surface area contributed by atoms with E-state index in [-0.39, 0.29) is 5.69 Å². The maximum atomic E-state index is 12.0. The number of aliphatic hydroxyl groups excluding tert-OH is 3. The second kappa shape index (κ2) is 6.44. The molecule has 1 aromatic carbocycles. The van der Waals surface area contributed by atoms with Gasteiger partial charge in [-0.1, -0.05) is 18.2 Å². The summed E-state index contributed by atoms with van der Waals surface area (Å²) in [4.78, 5) is 13.3. The van der Waals surface area contributed by atoms with Gasteiger partial charge in [-0.05, 0) is 12.1 Å². The molecule has 4 N–H and O–H groups in total. The van der Waals surface area contributed by atoms with Crippen molar-refractivity contribution in [1.29, 1.82) is 0 Å². The first kappa shape index (κ1) is 15.1. The van der Waals surface area contributed by atoms with E-state index in [4.69, 9.17) is 0 Å². The van der Waals surface area contributed by atoms with Gasteiger partial charge in [0.25, 0.3) is 5.91 Å². The number of benzene rings is 1. The molecule has 1 aromatic heterocycles. The Hall–Kier alpha value is -2.29. The number of amides is 1. The molecule has 0 saturated carbocycles. The van der Waals surface area contributed by atoms with Crippen molar-refractivity contribution in [2.24, 2.45) is 0 Å². The number of hydrogen-bond donors (Lipinski definition) is 4. The zero-order valence-electron chi connectivity index (χ0n) is 11.2. The summed E-state index contributed by atoms with van der Waals surface area (Å²) in [6.45, 7) is -1.80. The molecule has 8 nitrogen and oxygen atoms in total. The van der Waals surface area contributed by atoms with Crippen LogP contribution in [0.25, 0.3) is 5.69 Å². The Kier molecular flexibility index (Phi) is 4.63. The van der Waals surface area contributed by atoms with Crippen molar-refractivity contribution in [2.75, 3.05) is 19.8 Å². The molecule has 0 aliphatic heterocycles. The van der Waals surface area contributed by atoms with E-state index in [1.807, 2.05) is 18.2 Å². The standard InChI is InChI=1S/C13H16N4O4/c18-7-13(8-19,9-20)15-12(21)11-6-14-17(16-11)10-4-2-1-3-5-10/h1-6,18-20H,7-9H2,(H,15,21). The van der Waals surface area contributed by atoms with E-state index in [0.717, 1.165) is 0 Å². The van der Waals surface area contributed by atoms with Gasteiger partial charge in [0.15, 0.2) is 5.69 Å². The Labute approximate surface area is 120 Å². The lowest BCUT2D eigenvalue weighted by Crippen LogP contribution is -2.57. The molecule has 1 amide bonds. The SMILES string of the molecule is O=C(NC(CO)(CO)CO)c1cnn(-c2ccccc2)n1. The molecule has 0 saturated heterocycles. The van der Waals surface area contributed by atoms with Crippen molar-refractivity contribution < 1.29 is 20.1 Å². The average molecular weight is 292 g/mol. The molecule has 0 unspecified atom stereocenters. The molecule has 112 valence electrons. The average Bonchev–Trinajstić information content (AvgIpc) is 3.04. The number of aromatic nitrogens is 3. The first-order chi connectivity index (χ1) is 10.1. The van der Waals surface area contributed by atoms with Crippen LogP contribution in [0.5, 0.6) is 0 Å². The van der Waals surface area contributed by atoms with Gasteiger partial charge in [-0.15, -0.1) is 5.10 Å². The number of aliphatic hydroxyl groups is 3. The zero-order valence-corrected chi connectivity index (χ0v) is 11.2. The van der Waals surface area contributed by atoms with Crippen LogP contribution < -0.4 is 5.32 Å². The molecular formula is C13H16N4O4. The van der Waals surface area contributed by atoms with Crippen molar-refractivity contribution in [3.8, 4) is 5.69 Å². The first-order valence-corrected chi connectivity index (χ1v) is 6.27. The highest BCUT2D eigenvalue weighted by molar-refractivity contribution is 5.92. The molecule has 0 bridgehead atoms. The van der Waals surface area contributed by atoms with Crippen molar-refractivity contribution in [2.45, 2.75) is 5.54 Å². The lowest BCUT2D eigenvalue weighted by molar-refractivity contribution is 0.0373. The van der Waals surface area contributed by atoms with E-state index in [1.165, 1.54) is 11.0 Å². The van der Waals surface area contributed by atoms with Gasteiger partial charge in [0.05, 0.1) is 31.7 Å². The van der Waals surface area contributed by atoms with Crippen LogP contribution in [-0.4, -0.2) is 61.6 Å². The Bertz CT molecular complexity index is 587. The number of para-hydroxylation sites is 1. The fourth-order valence-electron chi connectivity index (χ4n) is 1.63. The topological polar surface area (TPSA) is 121 Å². The highest BCUT2D eigenvalue weighted by atomic mass is 16.3. The van der Waals surface area contributed by atoms with Crippen LogP contribution in [-0.2, 0) is 0 Å². The number of nitrogens with one attached hydrogen (secondary N) is 1. The molecule has 0 fully saturated rings. The largest absolute Gasteiger partial charge is 0.394 e. The van der Waals surface area contributed by atoms with E-state index >= 15 is 0 Å². The van der Waals surface area contributed by atoms with Gasteiger partial charge in [-0.2, -0.15) is 9.90 Å². The van der Waals surface area contributed by atoms with Crippen molar-refractivity contribution >= 4 is 5.91 Å². The number of carbonyl (C=O) groups is 1. The summed E-state index contributed by atoms with van der Waals surface area (Å²) in [7, 11) is 0. The minimum Gasteiger partial charge on any atom is -0.394 e. The van der Waals surface area contributed by atoms with Crippen molar-refractivity contribution in [1.82, 2.24) is 20.3 Å². The fraction of sp³-hybridized carbons (Fsp3) is 0.308. The third-order valence-corrected chi connectivity index (χ3v) is 3.00. The molecule has 0 aliphatic rings. The summed E-state index contributed by atoms with van der Waals surface area (Å²) in [6.07, 6.45) is 1.26. The van der Waals surface area contributed by atoms with Crippen molar-refractivity contribution in [3.63, 3.8) is 0 Å². The third kappa shape index (κ3) is 3.24. The molecule has 1 heterocycles. The summed E-state index contributed by atoms with van der Waals surface area (Å²) in [5, 5.41) is 37.9. The normalized spacial score (nSPS) is 11.4. The number of carbonyl (C=O) groups excluding carboxylic acids is 1. The number of nitrogens with zero attached hydrogens (tertiary/aromatic N) is 3. The molecule has 0 spiro atoms. The van der Waals surface area contributed by atoms with E-state index < -0.39 is 31.3 Å². The molecule has 21 heavy (non-hydrogen) atoms. The number of rotatable bonds is 6. The monoisotopic (exact) mass is 292 g/mol. The lowest BCUT2D eigenvalue weighted by atomic mass is 10.0. The summed E-state index contributed by atoms with van der Waals surface area (Å²) >= 11 is 0. The minimum atomic E-state index is -1.49. The van der Waals surface area contributed by atoms with Crippen molar-refractivity contribution in [3.05, 3.63) is 42.2 Å². The van der Waals surface area contributed by atoms with Crippen LogP contribution >= 0.6 is 0 Å². The second-order valence-electron chi connectivity index (χ2n) is 4.56. The Morgan fingerprint density at radius 2 is 1.76 bits per heavy atom. The summed E-state index contributed by atoms with van der Waals surface area (Å²) < 4.78 is 0. The Morgan fingerprint density at radius 3 is 2.33 bits per heavy atom.